The second kappa shape index (κ2) is 4.56. The highest BCUT2D eigenvalue weighted by Crippen LogP contribution is 2.25. The van der Waals surface area contributed by atoms with Gasteiger partial charge in [0.05, 0.1) is 4.88 Å². The number of Topliss-reactive ketones (excluding diaryl/α,β-unsaturated/α-hetero) is 1. The van der Waals surface area contributed by atoms with Crippen LogP contribution in [0.25, 0.3) is 0 Å². The molecule has 1 aromatic heterocycles. The lowest BCUT2D eigenvalue weighted by Crippen LogP contribution is -1.92. The smallest absolute Gasteiger partial charge is 0.172 e. The normalized spacial score (nSPS) is 12.8. The van der Waals surface area contributed by atoms with Crippen LogP contribution in [-0.2, 0) is 0 Å². The molecule has 0 aliphatic carbocycles. The second-order valence-corrected chi connectivity index (χ2v) is 4.24. The summed E-state index contributed by atoms with van der Waals surface area (Å²) in [6.45, 7) is 6.27. The monoisotopic (exact) mass is 196 g/mol. The molecule has 0 amide bonds. The first-order valence-electron chi connectivity index (χ1n) is 4.80. The molecule has 0 N–H and O–H groups in total. The average molecular weight is 196 g/mol. The van der Waals surface area contributed by atoms with E-state index < -0.39 is 0 Å². The first-order chi connectivity index (χ1) is 6.19. The lowest BCUT2D eigenvalue weighted by atomic mass is 10.0. The highest BCUT2D eigenvalue weighted by molar-refractivity contribution is 7.12. The molecule has 13 heavy (non-hydrogen) atoms. The summed E-state index contributed by atoms with van der Waals surface area (Å²) in [5, 5.41) is 2.11. The summed E-state index contributed by atoms with van der Waals surface area (Å²) in [6, 6.07) is 2.05. The third-order valence-corrected chi connectivity index (χ3v) is 3.39. The predicted octanol–water partition coefficient (Wildman–Crippen LogP) is 3.85. The Morgan fingerprint density at radius 1 is 1.54 bits per heavy atom. The van der Waals surface area contributed by atoms with Gasteiger partial charge in [0.1, 0.15) is 0 Å². The summed E-state index contributed by atoms with van der Waals surface area (Å²) in [5.41, 5.74) is 1.31. The molecule has 1 aromatic rings. The molecular weight excluding hydrogens is 180 g/mol. The van der Waals surface area contributed by atoms with Crippen molar-refractivity contribution in [3.8, 4) is 0 Å². The number of carbonyl (C=O) groups is 1. The molecule has 1 atom stereocenters. The van der Waals surface area contributed by atoms with Gasteiger partial charge in [-0.3, -0.25) is 4.79 Å². The molecule has 1 rings (SSSR count). The van der Waals surface area contributed by atoms with Crippen LogP contribution in [0.4, 0.5) is 0 Å². The van der Waals surface area contributed by atoms with Gasteiger partial charge in [0, 0.05) is 6.42 Å². The molecule has 0 radical (unpaired) electrons. The van der Waals surface area contributed by atoms with Crippen molar-refractivity contribution < 1.29 is 4.79 Å². The van der Waals surface area contributed by atoms with Gasteiger partial charge in [-0.05, 0) is 29.3 Å². The Labute approximate surface area is 83.8 Å². The second-order valence-electron chi connectivity index (χ2n) is 3.33. The Morgan fingerprint density at radius 3 is 2.77 bits per heavy atom. The van der Waals surface area contributed by atoms with Gasteiger partial charge in [-0.15, -0.1) is 11.3 Å². The fourth-order valence-corrected chi connectivity index (χ4v) is 2.21. The van der Waals surface area contributed by atoms with Crippen LogP contribution < -0.4 is 0 Å². The fourth-order valence-electron chi connectivity index (χ4n) is 1.17. The van der Waals surface area contributed by atoms with Crippen molar-refractivity contribution in [2.24, 2.45) is 0 Å². The van der Waals surface area contributed by atoms with Crippen LogP contribution in [0, 0.1) is 0 Å². The fraction of sp³-hybridized carbons (Fsp3) is 0.545. The van der Waals surface area contributed by atoms with Crippen molar-refractivity contribution in [2.45, 2.75) is 39.5 Å². The topological polar surface area (TPSA) is 17.1 Å². The van der Waals surface area contributed by atoms with Gasteiger partial charge >= 0.3 is 0 Å². The lowest BCUT2D eigenvalue weighted by molar-refractivity contribution is 0.0992. The van der Waals surface area contributed by atoms with E-state index in [1.54, 1.807) is 11.3 Å². The van der Waals surface area contributed by atoms with Gasteiger partial charge in [0.25, 0.3) is 0 Å². The van der Waals surface area contributed by atoms with Gasteiger partial charge in [0.2, 0.25) is 0 Å². The molecule has 0 fully saturated rings. The maximum atomic E-state index is 11.3. The molecule has 2 heteroatoms. The van der Waals surface area contributed by atoms with E-state index in [1.165, 1.54) is 5.56 Å². The van der Waals surface area contributed by atoms with E-state index in [9.17, 15) is 4.79 Å². The molecule has 1 unspecified atom stereocenters. The number of rotatable bonds is 4. The van der Waals surface area contributed by atoms with Gasteiger partial charge in [0.15, 0.2) is 5.78 Å². The highest BCUT2D eigenvalue weighted by atomic mass is 32.1. The van der Waals surface area contributed by atoms with E-state index >= 15 is 0 Å². The summed E-state index contributed by atoms with van der Waals surface area (Å²) in [7, 11) is 0. The summed E-state index contributed by atoms with van der Waals surface area (Å²) in [6.07, 6.45) is 1.75. The summed E-state index contributed by atoms with van der Waals surface area (Å²) >= 11 is 1.58. The molecule has 0 aliphatic rings. The van der Waals surface area contributed by atoms with Gasteiger partial charge < -0.3 is 0 Å². The average Bonchev–Trinajstić information content (AvgIpc) is 2.64. The molecule has 0 aliphatic heterocycles. The first-order valence-corrected chi connectivity index (χ1v) is 5.68. The number of hydrogen-bond acceptors (Lipinski definition) is 2. The van der Waals surface area contributed by atoms with Crippen LogP contribution in [0.15, 0.2) is 11.4 Å². The van der Waals surface area contributed by atoms with E-state index in [0.717, 1.165) is 11.3 Å². The Kier molecular flexibility index (Phi) is 3.67. The van der Waals surface area contributed by atoms with Gasteiger partial charge in [-0.25, -0.2) is 0 Å². The number of ketones is 1. The van der Waals surface area contributed by atoms with E-state index in [4.69, 9.17) is 0 Å². The molecule has 0 bridgehead atoms. The van der Waals surface area contributed by atoms with E-state index in [2.05, 4.69) is 19.2 Å². The van der Waals surface area contributed by atoms with Gasteiger partial charge in [-0.2, -0.15) is 0 Å². The minimum absolute atomic E-state index is 0.263. The maximum Gasteiger partial charge on any atom is 0.172 e. The van der Waals surface area contributed by atoms with Gasteiger partial charge in [-0.1, -0.05) is 20.8 Å². The van der Waals surface area contributed by atoms with Crippen molar-refractivity contribution >= 4 is 17.1 Å². The Bertz CT molecular complexity index is 288. The molecule has 0 spiro atoms. The minimum atomic E-state index is 0.263. The minimum Gasteiger partial charge on any atom is -0.293 e. The Hall–Kier alpha value is -0.630. The van der Waals surface area contributed by atoms with E-state index in [1.807, 2.05) is 13.0 Å². The molecule has 72 valence electrons. The van der Waals surface area contributed by atoms with Crippen molar-refractivity contribution in [1.82, 2.24) is 0 Å². The number of carbonyl (C=O) groups excluding carboxylic acids is 1. The third kappa shape index (κ3) is 2.41. The molecule has 0 aromatic carbocycles. The van der Waals surface area contributed by atoms with E-state index in [0.29, 0.717) is 12.3 Å². The zero-order chi connectivity index (χ0) is 9.84. The number of thiophene rings is 1. The van der Waals surface area contributed by atoms with Crippen molar-refractivity contribution in [3.63, 3.8) is 0 Å². The van der Waals surface area contributed by atoms with Crippen molar-refractivity contribution in [3.05, 3.63) is 21.9 Å². The predicted molar refractivity (Wildman–Crippen MR) is 57.6 cm³/mol. The molecular formula is C11H16OS. The van der Waals surface area contributed by atoms with Crippen molar-refractivity contribution in [2.75, 3.05) is 0 Å². The summed E-state index contributed by atoms with van der Waals surface area (Å²) in [5.74, 6) is 0.842. The van der Waals surface area contributed by atoms with E-state index in [-0.39, 0.29) is 5.78 Å². The maximum absolute atomic E-state index is 11.3. The third-order valence-electron chi connectivity index (χ3n) is 2.40. The Morgan fingerprint density at radius 2 is 2.23 bits per heavy atom. The SMILES string of the molecule is CCC(=O)c1cc(C(C)CC)cs1. The van der Waals surface area contributed by atoms with Crippen LogP contribution in [0.3, 0.4) is 0 Å². The van der Waals surface area contributed by atoms with Crippen LogP contribution in [-0.4, -0.2) is 5.78 Å². The van der Waals surface area contributed by atoms with Crippen molar-refractivity contribution in [1.29, 1.82) is 0 Å². The quantitative estimate of drug-likeness (QED) is 0.668. The Balaban J connectivity index is 2.80. The summed E-state index contributed by atoms with van der Waals surface area (Å²) in [4.78, 5) is 12.3. The van der Waals surface area contributed by atoms with Crippen LogP contribution in [0.5, 0.6) is 0 Å². The zero-order valence-corrected chi connectivity index (χ0v) is 9.28. The van der Waals surface area contributed by atoms with Crippen LogP contribution >= 0.6 is 11.3 Å². The molecule has 0 saturated carbocycles. The highest BCUT2D eigenvalue weighted by Gasteiger charge is 2.09. The summed E-state index contributed by atoms with van der Waals surface area (Å²) < 4.78 is 0. The van der Waals surface area contributed by atoms with Crippen LogP contribution in [0.2, 0.25) is 0 Å². The molecule has 1 heterocycles. The van der Waals surface area contributed by atoms with Crippen LogP contribution in [0.1, 0.15) is 54.8 Å². The molecule has 1 nitrogen and oxygen atoms in total. The molecule has 0 saturated heterocycles. The lowest BCUT2D eigenvalue weighted by Gasteiger charge is -2.03. The standard InChI is InChI=1S/C11H16OS/c1-4-8(3)9-6-11(13-7-9)10(12)5-2/h6-8H,4-5H2,1-3H3. The zero-order valence-electron chi connectivity index (χ0n) is 8.46. The number of hydrogen-bond donors (Lipinski definition) is 0. The first kappa shape index (κ1) is 10.5. The largest absolute Gasteiger partial charge is 0.293 e.